The topological polar surface area (TPSA) is 263 Å². The Morgan fingerprint density at radius 2 is 1.60 bits per heavy atom. The molecule has 0 aliphatic heterocycles. The zero-order chi connectivity index (χ0) is 33.5. The lowest BCUT2D eigenvalue weighted by Crippen LogP contribution is -2.80. The van der Waals surface area contributed by atoms with Crippen LogP contribution in [0, 0.1) is 16.7 Å². The number of carbonyl (C=O) groups excluding carboxylic acids is 4. The first kappa shape index (κ1) is 31.2. The number of amides is 2. The molecule has 0 aromatic heterocycles. The fourth-order valence-electron chi connectivity index (χ4n) is 7.31. The summed E-state index contributed by atoms with van der Waals surface area (Å²) >= 11 is 0. The molecule has 0 heterocycles. The molecule has 3 aliphatic rings. The minimum absolute atomic E-state index is 0.146. The van der Waals surface area contributed by atoms with Gasteiger partial charge in [-0.3, -0.25) is 24.1 Å². The number of rotatable bonds is 5. The maximum atomic E-state index is 14.6. The third-order valence-electron chi connectivity index (χ3n) is 9.19. The number of phenolic OH excluding ortho intramolecular Hbond substituents is 1. The van der Waals surface area contributed by atoms with Crippen molar-refractivity contribution < 1.29 is 34.5 Å². The first-order valence-electron chi connectivity index (χ1n) is 13.8. The molecule has 0 unspecified atom stereocenters. The number of fused-ring (bicyclic) bond motifs is 3. The number of hydrogen-bond acceptors (Lipinski definition) is 12. The van der Waals surface area contributed by atoms with Crippen LogP contribution in [0.4, 0.5) is 5.69 Å². The Labute approximate surface area is 257 Å². The zero-order valence-corrected chi connectivity index (χ0v) is 25.0. The van der Waals surface area contributed by atoms with E-state index in [-0.39, 0.29) is 23.1 Å². The predicted octanol–water partition coefficient (Wildman–Crippen LogP) is -0.263. The van der Waals surface area contributed by atoms with Gasteiger partial charge in [0.2, 0.25) is 5.91 Å². The summed E-state index contributed by atoms with van der Waals surface area (Å²) < 4.78 is 0. The Kier molecular flexibility index (Phi) is 6.86. The Morgan fingerprint density at radius 3 is 2.09 bits per heavy atom. The summed E-state index contributed by atoms with van der Waals surface area (Å²) in [6.45, 7) is 0. The van der Waals surface area contributed by atoms with Crippen molar-refractivity contribution in [2.45, 2.75) is 30.0 Å². The number of Topliss-reactive ketones (excluding diaryl/α,β-unsaturated/α-hetero) is 2. The summed E-state index contributed by atoms with van der Waals surface area (Å²) in [7, 11) is 6.35. The lowest BCUT2D eigenvalue weighted by Gasteiger charge is -2.58. The van der Waals surface area contributed by atoms with E-state index in [1.807, 2.05) is 0 Å². The van der Waals surface area contributed by atoms with Crippen LogP contribution < -0.4 is 27.8 Å². The highest BCUT2D eigenvalue weighted by Crippen LogP contribution is 2.59. The number of aromatic hydroxyl groups is 1. The molecule has 14 heteroatoms. The van der Waals surface area contributed by atoms with Crippen LogP contribution in [0.5, 0.6) is 5.75 Å². The van der Waals surface area contributed by atoms with Gasteiger partial charge in [0, 0.05) is 30.9 Å². The van der Waals surface area contributed by atoms with E-state index in [0.717, 1.165) is 0 Å². The molecule has 14 nitrogen and oxygen atoms in total. The molecule has 5 rings (SSSR count). The smallest absolute Gasteiger partial charge is 0.255 e. The van der Waals surface area contributed by atoms with Crippen molar-refractivity contribution in [1.29, 1.82) is 5.26 Å². The Morgan fingerprint density at radius 1 is 1.00 bits per heavy atom. The number of phenols is 1. The molecule has 4 atom stereocenters. The number of benzene rings is 2. The molecule has 2 aromatic rings. The Hall–Kier alpha value is -5.23. The Balaban J connectivity index is 1.86. The van der Waals surface area contributed by atoms with Crippen molar-refractivity contribution in [3.05, 3.63) is 63.9 Å². The average molecular weight is 616 g/mol. The largest absolute Gasteiger partial charge is 0.509 e. The number of nitrogens with two attached hydrogens (primary N) is 4. The van der Waals surface area contributed by atoms with Gasteiger partial charge in [0.25, 0.3) is 5.91 Å². The van der Waals surface area contributed by atoms with Crippen LogP contribution in [0.15, 0.2) is 47.2 Å². The fourth-order valence-corrected chi connectivity index (χ4v) is 7.31. The third-order valence-corrected chi connectivity index (χ3v) is 9.19. The first-order chi connectivity index (χ1) is 20.9. The molecule has 45 heavy (non-hydrogen) atoms. The van der Waals surface area contributed by atoms with Gasteiger partial charge in [-0.25, -0.2) is 0 Å². The van der Waals surface area contributed by atoms with E-state index in [9.17, 15) is 39.8 Å². The molecule has 2 aromatic carbocycles. The summed E-state index contributed by atoms with van der Waals surface area (Å²) in [6.07, 6.45) is -0.663. The van der Waals surface area contributed by atoms with Gasteiger partial charge in [-0.05, 0) is 56.3 Å². The molecular weight excluding hydrogens is 582 g/mol. The van der Waals surface area contributed by atoms with Gasteiger partial charge in [-0.2, -0.15) is 5.26 Å². The van der Waals surface area contributed by atoms with Crippen molar-refractivity contribution in [3.63, 3.8) is 0 Å². The number of likely N-dealkylation sites (N-methyl/N-ethyl adjacent to an activating group) is 1. The summed E-state index contributed by atoms with van der Waals surface area (Å²) in [5, 5.41) is 45.4. The number of aliphatic hydroxyl groups excluding tert-OH is 2. The summed E-state index contributed by atoms with van der Waals surface area (Å²) in [5.41, 5.74) is 18.0. The number of aliphatic hydroxyl groups is 2. The first-order valence-corrected chi connectivity index (χ1v) is 13.8. The molecule has 1 fully saturated rings. The van der Waals surface area contributed by atoms with E-state index in [0.29, 0.717) is 16.8 Å². The number of anilines is 1. The van der Waals surface area contributed by atoms with Gasteiger partial charge in [-0.15, -0.1) is 0 Å². The van der Waals surface area contributed by atoms with E-state index < -0.39 is 80.8 Å². The summed E-state index contributed by atoms with van der Waals surface area (Å²) in [4.78, 5) is 55.2. The van der Waals surface area contributed by atoms with E-state index in [4.69, 9.17) is 22.9 Å². The predicted molar refractivity (Wildman–Crippen MR) is 162 cm³/mol. The normalized spacial score (nSPS) is 27.5. The SMILES string of the molecule is CN(C)c1cc(-c2ccc(C(N)=O)cc2)c(O)c2c1C[C@@]1(N)C[C@@]3(N)[C@H](N(C)C)C(=O)C(C(N)=O)=C(O)[C@@]3(C#N)C(=O)C1=C2O. The molecule has 11 N–H and O–H groups in total. The number of primary amides is 2. The second kappa shape index (κ2) is 9.89. The van der Waals surface area contributed by atoms with Crippen molar-refractivity contribution in [2.75, 3.05) is 33.1 Å². The van der Waals surface area contributed by atoms with Crippen LogP contribution in [0.1, 0.15) is 27.9 Å². The van der Waals surface area contributed by atoms with E-state index >= 15 is 0 Å². The van der Waals surface area contributed by atoms with E-state index in [1.54, 1.807) is 43.3 Å². The highest BCUT2D eigenvalue weighted by atomic mass is 16.3. The molecule has 0 saturated heterocycles. The van der Waals surface area contributed by atoms with Crippen LogP contribution in [-0.2, 0) is 20.8 Å². The third kappa shape index (κ3) is 3.91. The second-order valence-corrected chi connectivity index (χ2v) is 12.3. The van der Waals surface area contributed by atoms with Gasteiger partial charge in [0.05, 0.1) is 34.3 Å². The molecule has 2 amide bonds. The molecule has 1 saturated carbocycles. The van der Waals surface area contributed by atoms with Crippen molar-refractivity contribution in [2.24, 2.45) is 28.3 Å². The lowest BCUT2D eigenvalue weighted by atomic mass is 9.47. The zero-order valence-electron chi connectivity index (χ0n) is 25.0. The van der Waals surface area contributed by atoms with Gasteiger partial charge < -0.3 is 43.2 Å². The van der Waals surface area contributed by atoms with Gasteiger partial charge >= 0.3 is 0 Å². The van der Waals surface area contributed by atoms with Crippen LogP contribution >= 0.6 is 0 Å². The quantitative estimate of drug-likeness (QED) is 0.215. The summed E-state index contributed by atoms with van der Waals surface area (Å²) in [6, 6.07) is 7.94. The number of hydrogen-bond donors (Lipinski definition) is 7. The maximum absolute atomic E-state index is 14.6. The maximum Gasteiger partial charge on any atom is 0.255 e. The molecule has 3 aliphatic carbocycles. The Bertz CT molecular complexity index is 1840. The van der Waals surface area contributed by atoms with Crippen LogP contribution in [-0.4, -0.2) is 88.9 Å². The highest BCUT2D eigenvalue weighted by molar-refractivity contribution is 6.25. The van der Waals surface area contributed by atoms with E-state index in [2.05, 4.69) is 0 Å². The van der Waals surface area contributed by atoms with Gasteiger partial charge in [0.15, 0.2) is 17.0 Å². The number of nitrogens with zero attached hydrogens (tertiary/aromatic N) is 3. The number of nitriles is 1. The van der Waals surface area contributed by atoms with Crippen LogP contribution in [0.2, 0.25) is 0 Å². The van der Waals surface area contributed by atoms with Gasteiger partial charge in [-0.1, -0.05) is 12.1 Å². The lowest BCUT2D eigenvalue weighted by molar-refractivity contribution is -0.139. The fraction of sp³-hybridized carbons (Fsp3) is 0.323. The molecule has 0 bridgehead atoms. The highest BCUT2D eigenvalue weighted by Gasteiger charge is 2.74. The van der Waals surface area contributed by atoms with Crippen molar-refractivity contribution in [3.8, 4) is 22.9 Å². The molecule has 0 radical (unpaired) electrons. The number of ketones is 2. The summed E-state index contributed by atoms with van der Waals surface area (Å²) in [5.74, 6) is -6.65. The van der Waals surface area contributed by atoms with Crippen molar-refractivity contribution >= 4 is 34.8 Å². The average Bonchev–Trinajstić information content (AvgIpc) is 2.92. The molecular formula is C31H33N7O7. The molecule has 0 spiro atoms. The monoisotopic (exact) mass is 615 g/mol. The van der Waals surface area contributed by atoms with Crippen LogP contribution in [0.25, 0.3) is 16.9 Å². The second-order valence-electron chi connectivity index (χ2n) is 12.3. The van der Waals surface area contributed by atoms with E-state index in [1.165, 1.54) is 31.1 Å². The van der Waals surface area contributed by atoms with Gasteiger partial charge in [0.1, 0.15) is 22.8 Å². The van der Waals surface area contributed by atoms with Crippen LogP contribution in [0.3, 0.4) is 0 Å². The minimum Gasteiger partial charge on any atom is -0.509 e. The minimum atomic E-state index is -2.76. The van der Waals surface area contributed by atoms with Crippen molar-refractivity contribution in [1.82, 2.24) is 4.90 Å². The number of carbonyl (C=O) groups is 4. The standard InChI is InChI=1S/C31H33N7O7/c1-37(2)17-9-15(13-5-7-14(8-6-13)27(33)44)21(39)18-16(17)10-29(35)11-31(36)24(38(3)4)23(41)19(28(34)45)25(42)30(31,12-32)26(43)20(29)22(18)40/h5-9,24,39-40,42H,10-11,35-36H2,1-4H3,(H2,33,44)(H2,34,45)/t24-,29-,30+,31-/m1/s1. The molecule has 234 valence electrons.